The molecule has 0 spiro atoms. The van der Waals surface area contributed by atoms with Gasteiger partial charge in [-0.1, -0.05) is 0 Å². The predicted molar refractivity (Wildman–Crippen MR) is 125 cm³/mol. The number of aromatic nitrogens is 1. The van der Waals surface area contributed by atoms with E-state index in [1.165, 1.54) is 12.1 Å². The summed E-state index contributed by atoms with van der Waals surface area (Å²) in [6.07, 6.45) is -4.01. The number of ether oxygens (including phenoxy) is 1. The molecule has 2 aliphatic heterocycles. The maximum Gasteiger partial charge on any atom is 0.419 e. The van der Waals surface area contributed by atoms with Crippen LogP contribution in [-0.4, -0.2) is 79.4 Å². The number of hydrogen-bond acceptors (Lipinski definition) is 9. The van der Waals surface area contributed by atoms with E-state index < -0.39 is 11.7 Å². The molecular weight excluding hydrogens is 463 g/mol. The van der Waals surface area contributed by atoms with Crippen molar-refractivity contribution in [2.75, 3.05) is 70.0 Å². The van der Waals surface area contributed by atoms with E-state index in [4.69, 9.17) is 9.84 Å². The number of anilines is 2. The summed E-state index contributed by atoms with van der Waals surface area (Å²) < 4.78 is 47.1. The SMILES string of the molecule is CN1NNc2c1cc(-c1ccc(OCCCN3CCN(CCO)CC3)c(C(F)(F)F)c1)nc2C#N. The quantitative estimate of drug-likeness (QED) is 0.481. The van der Waals surface area contributed by atoms with E-state index in [1.807, 2.05) is 6.07 Å². The summed E-state index contributed by atoms with van der Waals surface area (Å²) in [5.74, 6) is -0.226. The molecule has 188 valence electrons. The Balaban J connectivity index is 1.44. The van der Waals surface area contributed by atoms with Crippen molar-refractivity contribution in [3.05, 3.63) is 35.5 Å². The predicted octanol–water partition coefficient (Wildman–Crippen LogP) is 2.30. The van der Waals surface area contributed by atoms with Crippen LogP contribution in [0.25, 0.3) is 11.3 Å². The lowest BCUT2D eigenvalue weighted by molar-refractivity contribution is -0.138. The number of β-amino-alcohol motifs (C(OH)–C–C–N with tert-alkyl or cyclic N) is 1. The molecule has 9 nitrogen and oxygen atoms in total. The summed E-state index contributed by atoms with van der Waals surface area (Å²) in [7, 11) is 1.72. The van der Waals surface area contributed by atoms with Crippen LogP contribution >= 0.6 is 0 Å². The summed E-state index contributed by atoms with van der Waals surface area (Å²) in [4.78, 5) is 8.68. The van der Waals surface area contributed by atoms with Crippen molar-refractivity contribution in [2.45, 2.75) is 12.6 Å². The molecule has 0 unspecified atom stereocenters. The first-order valence-corrected chi connectivity index (χ1v) is 11.4. The largest absolute Gasteiger partial charge is 0.493 e. The highest BCUT2D eigenvalue weighted by Crippen LogP contribution is 2.40. The average Bonchev–Trinajstić information content (AvgIpc) is 3.22. The molecule has 1 aromatic heterocycles. The Hall–Kier alpha value is -3.11. The zero-order valence-electron chi connectivity index (χ0n) is 19.4. The Morgan fingerprint density at radius 3 is 2.51 bits per heavy atom. The van der Waals surface area contributed by atoms with E-state index in [2.05, 4.69) is 25.7 Å². The number of halogens is 3. The summed E-state index contributed by atoms with van der Waals surface area (Å²) >= 11 is 0. The molecule has 0 atom stereocenters. The molecule has 3 N–H and O–H groups in total. The van der Waals surface area contributed by atoms with Crippen LogP contribution in [0.3, 0.4) is 0 Å². The van der Waals surface area contributed by atoms with Crippen LogP contribution in [0.15, 0.2) is 24.3 Å². The molecule has 0 bridgehead atoms. The topological polar surface area (TPSA) is 99.9 Å². The number of hydrazine groups is 2. The maximum absolute atomic E-state index is 13.9. The minimum absolute atomic E-state index is 0.0837. The number of piperazine rings is 1. The van der Waals surface area contributed by atoms with Gasteiger partial charge in [-0.25, -0.2) is 4.98 Å². The van der Waals surface area contributed by atoms with Crippen molar-refractivity contribution in [2.24, 2.45) is 0 Å². The number of nitrogens with one attached hydrogen (secondary N) is 2. The number of rotatable bonds is 8. The van der Waals surface area contributed by atoms with Crippen molar-refractivity contribution in [3.63, 3.8) is 0 Å². The van der Waals surface area contributed by atoms with Gasteiger partial charge in [-0.15, -0.1) is 5.53 Å². The summed E-state index contributed by atoms with van der Waals surface area (Å²) in [5.41, 5.74) is 6.44. The Morgan fingerprint density at radius 1 is 1.14 bits per heavy atom. The number of hydrogen-bond donors (Lipinski definition) is 3. The number of aliphatic hydroxyl groups excluding tert-OH is 1. The molecule has 35 heavy (non-hydrogen) atoms. The number of nitriles is 1. The van der Waals surface area contributed by atoms with Gasteiger partial charge < -0.3 is 14.7 Å². The highest BCUT2D eigenvalue weighted by atomic mass is 19.4. The highest BCUT2D eigenvalue weighted by Gasteiger charge is 2.35. The van der Waals surface area contributed by atoms with Gasteiger partial charge in [0, 0.05) is 51.9 Å². The van der Waals surface area contributed by atoms with Crippen molar-refractivity contribution in [3.8, 4) is 23.1 Å². The van der Waals surface area contributed by atoms with Crippen LogP contribution in [-0.2, 0) is 6.18 Å². The third-order valence-electron chi connectivity index (χ3n) is 6.15. The summed E-state index contributed by atoms with van der Waals surface area (Å²) in [6, 6.07) is 7.46. The second-order valence-corrected chi connectivity index (χ2v) is 8.48. The minimum Gasteiger partial charge on any atom is -0.493 e. The van der Waals surface area contributed by atoms with Crippen LogP contribution in [0.1, 0.15) is 17.7 Å². The zero-order chi connectivity index (χ0) is 25.0. The fraction of sp³-hybridized carbons (Fsp3) is 0.478. The van der Waals surface area contributed by atoms with Crippen molar-refractivity contribution in [1.82, 2.24) is 20.3 Å². The first-order valence-electron chi connectivity index (χ1n) is 11.4. The standard InChI is InChI=1S/C23H28F3N7O2/c1-31-20-14-18(28-19(15-27)22(20)29-30-31)16-3-4-21(17(13-16)23(24,25)26)35-12-2-5-32-6-8-33(9-7-32)10-11-34/h3-4,13-14,29-30,34H,2,5-12H2,1H3. The Morgan fingerprint density at radius 2 is 1.86 bits per heavy atom. The molecule has 3 heterocycles. The van der Waals surface area contributed by atoms with Crippen LogP contribution in [0, 0.1) is 11.3 Å². The Bertz CT molecular complexity index is 1080. The molecule has 0 radical (unpaired) electrons. The van der Waals surface area contributed by atoms with Gasteiger partial charge in [0.05, 0.1) is 30.2 Å². The van der Waals surface area contributed by atoms with Gasteiger partial charge in [0.25, 0.3) is 0 Å². The Labute approximate surface area is 201 Å². The molecule has 2 aliphatic rings. The fourth-order valence-corrected chi connectivity index (χ4v) is 4.23. The van der Waals surface area contributed by atoms with Gasteiger partial charge in [0.1, 0.15) is 17.5 Å². The van der Waals surface area contributed by atoms with E-state index in [-0.39, 0.29) is 35.9 Å². The van der Waals surface area contributed by atoms with E-state index in [0.717, 1.165) is 38.8 Å². The summed E-state index contributed by atoms with van der Waals surface area (Å²) in [6.45, 7) is 5.16. The van der Waals surface area contributed by atoms with Crippen LogP contribution in [0.5, 0.6) is 5.75 Å². The number of pyridine rings is 1. The molecule has 0 amide bonds. The normalized spacial score (nSPS) is 16.6. The lowest BCUT2D eigenvalue weighted by atomic mass is 10.0. The van der Waals surface area contributed by atoms with E-state index in [0.29, 0.717) is 24.3 Å². The van der Waals surface area contributed by atoms with Crippen molar-refractivity contribution in [1.29, 1.82) is 5.26 Å². The fourth-order valence-electron chi connectivity index (χ4n) is 4.23. The lowest BCUT2D eigenvalue weighted by Crippen LogP contribution is -2.47. The van der Waals surface area contributed by atoms with Crippen LogP contribution in [0.4, 0.5) is 24.5 Å². The average molecular weight is 492 g/mol. The third kappa shape index (κ3) is 5.76. The summed E-state index contributed by atoms with van der Waals surface area (Å²) in [5, 5.41) is 20.1. The van der Waals surface area contributed by atoms with Crippen LogP contribution < -0.4 is 20.7 Å². The second kappa shape index (κ2) is 10.7. The molecule has 1 fully saturated rings. The monoisotopic (exact) mass is 491 g/mol. The number of alkyl halides is 3. The first-order chi connectivity index (χ1) is 16.8. The van der Waals surface area contributed by atoms with E-state index in [9.17, 15) is 18.4 Å². The number of aliphatic hydroxyl groups is 1. The third-order valence-corrected chi connectivity index (χ3v) is 6.15. The smallest absolute Gasteiger partial charge is 0.419 e. The maximum atomic E-state index is 13.9. The molecule has 2 aromatic rings. The van der Waals surface area contributed by atoms with Gasteiger partial charge in [0.15, 0.2) is 5.69 Å². The molecule has 0 saturated carbocycles. The first kappa shape index (κ1) is 25.0. The zero-order valence-corrected chi connectivity index (χ0v) is 19.4. The minimum atomic E-state index is -4.61. The van der Waals surface area contributed by atoms with Gasteiger partial charge in [-0.2, -0.15) is 18.4 Å². The lowest BCUT2D eigenvalue weighted by Gasteiger charge is -2.34. The molecule has 4 rings (SSSR count). The van der Waals surface area contributed by atoms with Gasteiger partial charge in [-0.05, 0) is 30.7 Å². The van der Waals surface area contributed by atoms with Gasteiger partial charge >= 0.3 is 6.18 Å². The Kier molecular flexibility index (Phi) is 7.61. The number of fused-ring (bicyclic) bond motifs is 1. The van der Waals surface area contributed by atoms with Gasteiger partial charge in [0.2, 0.25) is 0 Å². The number of benzene rings is 1. The van der Waals surface area contributed by atoms with Gasteiger partial charge in [-0.3, -0.25) is 15.3 Å². The second-order valence-electron chi connectivity index (χ2n) is 8.48. The van der Waals surface area contributed by atoms with Crippen molar-refractivity contribution < 1.29 is 23.0 Å². The number of nitrogens with zero attached hydrogens (tertiary/aromatic N) is 5. The molecule has 1 saturated heterocycles. The molecule has 12 heteroatoms. The highest BCUT2D eigenvalue weighted by molar-refractivity contribution is 5.81. The molecule has 0 aliphatic carbocycles. The van der Waals surface area contributed by atoms with E-state index >= 15 is 0 Å². The molecular formula is C23H28F3N7O2. The van der Waals surface area contributed by atoms with E-state index in [1.54, 1.807) is 18.1 Å². The van der Waals surface area contributed by atoms with Crippen LogP contribution in [0.2, 0.25) is 0 Å². The molecule has 1 aromatic carbocycles. The van der Waals surface area contributed by atoms with Crippen molar-refractivity contribution >= 4 is 11.4 Å².